The van der Waals surface area contributed by atoms with Crippen molar-refractivity contribution in [3.8, 4) is 22.6 Å². The Kier molecular flexibility index (Phi) is 10.0. The van der Waals surface area contributed by atoms with Crippen molar-refractivity contribution >= 4 is 5.97 Å². The standard InChI is InChI=1S/C30H33F3O4/c1-4-22-19-26(14-11-23(22)12-16-29(34)35-5-2)36-18-17-21(3)37-28-15-13-25(30(31,32)33)20-27(28)24-9-7-6-8-10-24/h6-11,13-15,19-21H,4-5,12,16-18H2,1-3H3/t21-/m1/s1. The number of hydrogen-bond donors (Lipinski definition) is 0. The highest BCUT2D eigenvalue weighted by Crippen LogP contribution is 2.37. The molecule has 198 valence electrons. The highest BCUT2D eigenvalue weighted by molar-refractivity contribution is 5.71. The smallest absolute Gasteiger partial charge is 0.416 e. The van der Waals surface area contributed by atoms with Crippen molar-refractivity contribution < 1.29 is 32.2 Å². The van der Waals surface area contributed by atoms with Gasteiger partial charge in [-0.1, -0.05) is 43.3 Å². The predicted octanol–water partition coefficient (Wildman–Crippen LogP) is 7.67. The SMILES string of the molecule is CCOC(=O)CCc1ccc(OCC[C@@H](C)Oc2ccc(C(F)(F)F)cc2-c2ccccc2)cc1CC. The lowest BCUT2D eigenvalue weighted by molar-refractivity contribution is -0.143. The minimum atomic E-state index is -4.44. The van der Waals surface area contributed by atoms with Gasteiger partial charge in [-0.3, -0.25) is 4.79 Å². The van der Waals surface area contributed by atoms with Gasteiger partial charge in [0.2, 0.25) is 0 Å². The fourth-order valence-corrected chi connectivity index (χ4v) is 4.01. The Morgan fingerprint density at radius 2 is 1.70 bits per heavy atom. The van der Waals surface area contributed by atoms with Crippen LogP contribution in [-0.2, 0) is 28.5 Å². The Morgan fingerprint density at radius 1 is 0.946 bits per heavy atom. The Labute approximate surface area is 216 Å². The summed E-state index contributed by atoms with van der Waals surface area (Å²) in [5.74, 6) is 0.914. The number of halogens is 3. The number of aryl methyl sites for hydroxylation is 2. The summed E-state index contributed by atoms with van der Waals surface area (Å²) in [6.07, 6.45) is -2.41. The Balaban J connectivity index is 1.61. The van der Waals surface area contributed by atoms with Crippen LogP contribution in [0.5, 0.6) is 11.5 Å². The molecule has 0 aromatic heterocycles. The van der Waals surface area contributed by atoms with Gasteiger partial charge in [-0.2, -0.15) is 13.2 Å². The first-order valence-corrected chi connectivity index (χ1v) is 12.5. The molecule has 0 unspecified atom stereocenters. The monoisotopic (exact) mass is 514 g/mol. The van der Waals surface area contributed by atoms with E-state index in [1.165, 1.54) is 6.07 Å². The summed E-state index contributed by atoms with van der Waals surface area (Å²) in [5, 5.41) is 0. The number of esters is 1. The van der Waals surface area contributed by atoms with Gasteiger partial charge in [0.25, 0.3) is 0 Å². The Morgan fingerprint density at radius 3 is 2.38 bits per heavy atom. The molecule has 4 nitrogen and oxygen atoms in total. The number of rotatable bonds is 12. The maximum Gasteiger partial charge on any atom is 0.416 e. The lowest BCUT2D eigenvalue weighted by Crippen LogP contribution is -2.16. The minimum Gasteiger partial charge on any atom is -0.493 e. The molecule has 0 bridgehead atoms. The lowest BCUT2D eigenvalue weighted by atomic mass is 10.0. The second-order valence-electron chi connectivity index (χ2n) is 8.73. The van der Waals surface area contributed by atoms with Crippen molar-refractivity contribution in [3.63, 3.8) is 0 Å². The molecule has 0 spiro atoms. The lowest BCUT2D eigenvalue weighted by Gasteiger charge is -2.19. The van der Waals surface area contributed by atoms with E-state index in [1.54, 1.807) is 31.2 Å². The zero-order valence-corrected chi connectivity index (χ0v) is 21.4. The van der Waals surface area contributed by atoms with Crippen LogP contribution >= 0.6 is 0 Å². The molecule has 0 aliphatic rings. The van der Waals surface area contributed by atoms with Gasteiger partial charge in [-0.05, 0) is 73.7 Å². The molecule has 1 atom stereocenters. The molecular weight excluding hydrogens is 481 g/mol. The molecule has 0 amide bonds. The maximum atomic E-state index is 13.3. The van der Waals surface area contributed by atoms with E-state index >= 15 is 0 Å². The molecule has 3 aromatic carbocycles. The molecule has 0 saturated heterocycles. The minimum absolute atomic E-state index is 0.206. The molecular formula is C30H33F3O4. The summed E-state index contributed by atoms with van der Waals surface area (Å²) in [4.78, 5) is 11.7. The highest BCUT2D eigenvalue weighted by Gasteiger charge is 2.31. The average molecular weight is 515 g/mol. The molecule has 7 heteroatoms. The summed E-state index contributed by atoms with van der Waals surface area (Å²) in [7, 11) is 0. The van der Waals surface area contributed by atoms with E-state index in [9.17, 15) is 18.0 Å². The van der Waals surface area contributed by atoms with E-state index in [1.807, 2.05) is 31.2 Å². The topological polar surface area (TPSA) is 44.8 Å². The fraction of sp³-hybridized carbons (Fsp3) is 0.367. The third-order valence-corrected chi connectivity index (χ3v) is 5.98. The molecule has 0 saturated carbocycles. The van der Waals surface area contributed by atoms with Crippen LogP contribution in [0.3, 0.4) is 0 Å². The average Bonchev–Trinajstić information content (AvgIpc) is 2.88. The number of ether oxygens (including phenoxy) is 3. The largest absolute Gasteiger partial charge is 0.493 e. The molecule has 0 N–H and O–H groups in total. The number of hydrogen-bond acceptors (Lipinski definition) is 4. The van der Waals surface area contributed by atoms with Crippen LogP contribution in [0, 0.1) is 0 Å². The molecule has 0 radical (unpaired) electrons. The quantitative estimate of drug-likeness (QED) is 0.233. The number of benzene rings is 3. The van der Waals surface area contributed by atoms with Crippen molar-refractivity contribution in [3.05, 3.63) is 83.4 Å². The van der Waals surface area contributed by atoms with E-state index in [0.717, 1.165) is 35.4 Å². The van der Waals surface area contributed by atoms with Crippen LogP contribution in [0.2, 0.25) is 0 Å². The summed E-state index contributed by atoms with van der Waals surface area (Å²) in [6.45, 7) is 6.47. The van der Waals surface area contributed by atoms with Gasteiger partial charge in [0.15, 0.2) is 0 Å². The van der Waals surface area contributed by atoms with Crippen molar-refractivity contribution in [2.45, 2.75) is 58.7 Å². The van der Waals surface area contributed by atoms with Crippen LogP contribution in [0.4, 0.5) is 13.2 Å². The van der Waals surface area contributed by atoms with Crippen molar-refractivity contribution in [2.75, 3.05) is 13.2 Å². The third-order valence-electron chi connectivity index (χ3n) is 5.98. The first-order valence-electron chi connectivity index (χ1n) is 12.5. The van der Waals surface area contributed by atoms with Gasteiger partial charge >= 0.3 is 12.1 Å². The maximum absolute atomic E-state index is 13.3. The second-order valence-corrected chi connectivity index (χ2v) is 8.73. The molecule has 0 aliphatic heterocycles. The van der Waals surface area contributed by atoms with Crippen LogP contribution in [0.25, 0.3) is 11.1 Å². The van der Waals surface area contributed by atoms with Gasteiger partial charge in [0.1, 0.15) is 11.5 Å². The Hall–Kier alpha value is -3.48. The van der Waals surface area contributed by atoms with Crippen LogP contribution in [-0.4, -0.2) is 25.3 Å². The fourth-order valence-electron chi connectivity index (χ4n) is 4.01. The molecule has 37 heavy (non-hydrogen) atoms. The van der Waals surface area contributed by atoms with Crippen LogP contribution in [0.15, 0.2) is 66.7 Å². The first-order chi connectivity index (χ1) is 17.7. The van der Waals surface area contributed by atoms with Crippen molar-refractivity contribution in [1.82, 2.24) is 0 Å². The number of carbonyl (C=O) groups is 1. The first kappa shape index (κ1) is 28.1. The number of alkyl halides is 3. The molecule has 3 rings (SSSR count). The zero-order chi connectivity index (χ0) is 26.8. The summed E-state index contributed by atoms with van der Waals surface area (Å²) in [5.41, 5.74) is 2.54. The second kappa shape index (κ2) is 13.2. The van der Waals surface area contributed by atoms with E-state index < -0.39 is 11.7 Å². The summed E-state index contributed by atoms with van der Waals surface area (Å²) in [6, 6.07) is 18.3. The van der Waals surface area contributed by atoms with Gasteiger partial charge in [0, 0.05) is 18.4 Å². The summed E-state index contributed by atoms with van der Waals surface area (Å²) >= 11 is 0. The molecule has 0 aliphatic carbocycles. The molecule has 0 fully saturated rings. The van der Waals surface area contributed by atoms with Crippen LogP contribution < -0.4 is 9.47 Å². The van der Waals surface area contributed by atoms with Gasteiger partial charge in [-0.15, -0.1) is 0 Å². The third kappa shape index (κ3) is 8.27. The Bertz CT molecular complexity index is 1160. The zero-order valence-electron chi connectivity index (χ0n) is 21.4. The highest BCUT2D eigenvalue weighted by atomic mass is 19.4. The van der Waals surface area contributed by atoms with Gasteiger partial charge in [-0.25, -0.2) is 0 Å². The van der Waals surface area contributed by atoms with Crippen molar-refractivity contribution in [2.24, 2.45) is 0 Å². The van der Waals surface area contributed by atoms with E-state index in [-0.39, 0.29) is 12.1 Å². The molecule has 3 aromatic rings. The van der Waals surface area contributed by atoms with Gasteiger partial charge < -0.3 is 14.2 Å². The number of carbonyl (C=O) groups excluding carboxylic acids is 1. The molecule has 0 heterocycles. The normalized spacial score (nSPS) is 12.2. The van der Waals surface area contributed by atoms with Crippen LogP contribution in [0.1, 0.15) is 50.3 Å². The summed E-state index contributed by atoms with van der Waals surface area (Å²) < 4.78 is 56.9. The van der Waals surface area contributed by atoms with E-state index in [4.69, 9.17) is 14.2 Å². The predicted molar refractivity (Wildman–Crippen MR) is 138 cm³/mol. The van der Waals surface area contributed by atoms with Gasteiger partial charge in [0.05, 0.1) is 24.9 Å². The van der Waals surface area contributed by atoms with E-state index in [2.05, 4.69) is 6.92 Å². The van der Waals surface area contributed by atoms with Crippen molar-refractivity contribution in [1.29, 1.82) is 0 Å². The van der Waals surface area contributed by atoms with E-state index in [0.29, 0.717) is 49.4 Å².